The molecule has 0 heterocycles. The van der Waals surface area contributed by atoms with Gasteiger partial charge in [0.2, 0.25) is 5.91 Å². The van der Waals surface area contributed by atoms with Crippen molar-refractivity contribution in [3.8, 4) is 0 Å². The summed E-state index contributed by atoms with van der Waals surface area (Å²) >= 11 is 0. The zero-order valence-electron chi connectivity index (χ0n) is 8.08. The van der Waals surface area contributed by atoms with Gasteiger partial charge in [0.1, 0.15) is 0 Å². The van der Waals surface area contributed by atoms with E-state index in [9.17, 15) is 18.0 Å². The fraction of sp³-hybridized carbons (Fsp3) is 0.100. The van der Waals surface area contributed by atoms with Crippen LogP contribution in [0, 0.1) is 0 Å². The third-order valence-corrected chi connectivity index (χ3v) is 1.82. The Labute approximate surface area is 89.5 Å². The summed E-state index contributed by atoms with van der Waals surface area (Å²) in [7, 11) is 0. The molecule has 4 N–H and O–H groups in total. The Morgan fingerprint density at radius 1 is 1.31 bits per heavy atom. The largest absolute Gasteiger partial charge is 0.418 e. The van der Waals surface area contributed by atoms with Gasteiger partial charge in [-0.1, -0.05) is 6.07 Å². The lowest BCUT2D eigenvalue weighted by molar-refractivity contribution is -0.136. The molecule has 0 saturated heterocycles. The Hall–Kier alpha value is -1.98. The molecule has 0 spiro atoms. The van der Waals surface area contributed by atoms with E-state index < -0.39 is 17.6 Å². The average Bonchev–Trinajstić information content (AvgIpc) is 2.12. The van der Waals surface area contributed by atoms with Crippen LogP contribution in [0.15, 0.2) is 24.3 Å². The second-order valence-corrected chi connectivity index (χ2v) is 3.08. The number of benzene rings is 1. The van der Waals surface area contributed by atoms with Crippen LogP contribution in [0.5, 0.6) is 0 Å². The summed E-state index contributed by atoms with van der Waals surface area (Å²) in [6, 6.07) is 3.19. The van der Waals surface area contributed by atoms with Crippen LogP contribution in [0.2, 0.25) is 0 Å². The van der Waals surface area contributed by atoms with E-state index in [1.165, 1.54) is 12.1 Å². The van der Waals surface area contributed by atoms with Crippen molar-refractivity contribution in [2.75, 3.05) is 5.73 Å². The minimum atomic E-state index is -4.48. The van der Waals surface area contributed by atoms with Crippen LogP contribution in [-0.2, 0) is 11.0 Å². The molecule has 1 amide bonds. The Kier molecular flexibility index (Phi) is 3.22. The smallest absolute Gasteiger partial charge is 0.398 e. The van der Waals surface area contributed by atoms with Crippen LogP contribution >= 0.6 is 0 Å². The molecule has 6 heteroatoms. The number of halogens is 3. The number of carbonyl (C=O) groups excluding carboxylic acids is 1. The molecule has 3 nitrogen and oxygen atoms in total. The molecule has 0 aromatic heterocycles. The molecule has 86 valence electrons. The van der Waals surface area contributed by atoms with Gasteiger partial charge in [0, 0.05) is 11.8 Å². The van der Waals surface area contributed by atoms with Gasteiger partial charge >= 0.3 is 6.18 Å². The highest BCUT2D eigenvalue weighted by Crippen LogP contribution is 2.33. The molecule has 0 bridgehead atoms. The maximum atomic E-state index is 12.3. The minimum Gasteiger partial charge on any atom is -0.398 e. The summed E-state index contributed by atoms with van der Waals surface area (Å²) in [5.74, 6) is -0.682. The summed E-state index contributed by atoms with van der Waals surface area (Å²) in [5, 5.41) is 0. The summed E-state index contributed by atoms with van der Waals surface area (Å²) < 4.78 is 37.0. The van der Waals surface area contributed by atoms with Gasteiger partial charge in [-0.05, 0) is 23.8 Å². The molecular weight excluding hydrogens is 221 g/mol. The van der Waals surface area contributed by atoms with Crippen LogP contribution < -0.4 is 11.5 Å². The molecule has 0 aliphatic heterocycles. The summed E-state index contributed by atoms with van der Waals surface area (Å²) in [6.45, 7) is 0. The van der Waals surface area contributed by atoms with Gasteiger partial charge in [-0.3, -0.25) is 4.79 Å². The van der Waals surface area contributed by atoms with Crippen molar-refractivity contribution < 1.29 is 18.0 Å². The van der Waals surface area contributed by atoms with Gasteiger partial charge in [0.25, 0.3) is 0 Å². The number of amides is 1. The Balaban J connectivity index is 3.05. The van der Waals surface area contributed by atoms with Gasteiger partial charge in [0.05, 0.1) is 5.56 Å². The zero-order chi connectivity index (χ0) is 12.3. The van der Waals surface area contributed by atoms with E-state index >= 15 is 0 Å². The zero-order valence-corrected chi connectivity index (χ0v) is 8.08. The molecule has 1 aromatic carbocycles. The normalized spacial score (nSPS) is 11.9. The number of alkyl halides is 3. The highest BCUT2D eigenvalue weighted by molar-refractivity contribution is 5.90. The highest BCUT2D eigenvalue weighted by atomic mass is 19.4. The average molecular weight is 230 g/mol. The lowest BCUT2D eigenvalue weighted by Gasteiger charge is -2.09. The van der Waals surface area contributed by atoms with Crippen LogP contribution in [0.25, 0.3) is 6.08 Å². The number of primary amides is 1. The number of anilines is 1. The Morgan fingerprint density at radius 2 is 1.94 bits per heavy atom. The fourth-order valence-electron chi connectivity index (χ4n) is 1.12. The Morgan fingerprint density at radius 3 is 2.38 bits per heavy atom. The van der Waals surface area contributed by atoms with E-state index in [0.717, 1.165) is 18.2 Å². The summed E-state index contributed by atoms with van der Waals surface area (Å²) in [6.07, 6.45) is -2.14. The number of hydrogen-bond donors (Lipinski definition) is 2. The lowest BCUT2D eigenvalue weighted by Crippen LogP contribution is -2.09. The topological polar surface area (TPSA) is 69.1 Å². The summed E-state index contributed by atoms with van der Waals surface area (Å²) in [4.78, 5) is 10.4. The second-order valence-electron chi connectivity index (χ2n) is 3.08. The van der Waals surface area contributed by atoms with Crippen molar-refractivity contribution in [3.05, 3.63) is 35.4 Å². The van der Waals surface area contributed by atoms with Crippen LogP contribution in [-0.4, -0.2) is 5.91 Å². The number of hydrogen-bond acceptors (Lipinski definition) is 2. The first-order chi connectivity index (χ1) is 7.30. The molecule has 16 heavy (non-hydrogen) atoms. The molecule has 1 rings (SSSR count). The molecule has 0 radical (unpaired) electrons. The number of rotatable bonds is 2. The third kappa shape index (κ3) is 3.01. The quantitative estimate of drug-likeness (QED) is 0.600. The van der Waals surface area contributed by atoms with Crippen LogP contribution in [0.1, 0.15) is 11.1 Å². The lowest BCUT2D eigenvalue weighted by atomic mass is 10.1. The van der Waals surface area contributed by atoms with E-state index in [1.54, 1.807) is 0 Å². The van der Waals surface area contributed by atoms with Crippen molar-refractivity contribution >= 4 is 17.7 Å². The van der Waals surface area contributed by atoms with Gasteiger partial charge in [-0.25, -0.2) is 0 Å². The first kappa shape index (κ1) is 12.1. The first-order valence-corrected chi connectivity index (χ1v) is 4.25. The number of carbonyl (C=O) groups is 1. The number of nitrogens with two attached hydrogens (primary N) is 2. The molecule has 0 saturated carbocycles. The summed E-state index contributed by atoms with van der Waals surface area (Å²) in [5.41, 5.74) is 9.17. The molecule has 0 aliphatic rings. The van der Waals surface area contributed by atoms with E-state index in [-0.39, 0.29) is 5.69 Å². The number of nitrogen functional groups attached to an aromatic ring is 1. The second kappa shape index (κ2) is 4.26. The van der Waals surface area contributed by atoms with Gasteiger partial charge in [0.15, 0.2) is 0 Å². The van der Waals surface area contributed by atoms with E-state index in [4.69, 9.17) is 11.5 Å². The maximum Gasteiger partial charge on any atom is 0.418 e. The van der Waals surface area contributed by atoms with Crippen LogP contribution in [0.3, 0.4) is 0 Å². The van der Waals surface area contributed by atoms with E-state index in [1.807, 2.05) is 0 Å². The molecule has 0 unspecified atom stereocenters. The molecular formula is C10H9F3N2O. The Bertz CT molecular complexity index is 438. The van der Waals surface area contributed by atoms with E-state index in [2.05, 4.69) is 0 Å². The monoisotopic (exact) mass is 230 g/mol. The van der Waals surface area contributed by atoms with Crippen molar-refractivity contribution in [1.82, 2.24) is 0 Å². The third-order valence-electron chi connectivity index (χ3n) is 1.82. The predicted molar refractivity (Wildman–Crippen MR) is 54.1 cm³/mol. The van der Waals surface area contributed by atoms with Crippen molar-refractivity contribution in [1.29, 1.82) is 0 Å². The molecule has 0 atom stereocenters. The molecule has 0 aliphatic carbocycles. The minimum absolute atomic E-state index is 0.379. The van der Waals surface area contributed by atoms with Crippen molar-refractivity contribution in [3.63, 3.8) is 0 Å². The van der Waals surface area contributed by atoms with Gasteiger partial charge in [-0.15, -0.1) is 0 Å². The fourth-order valence-corrected chi connectivity index (χ4v) is 1.12. The standard InChI is InChI=1S/C10H9F3N2O/c11-10(12,13)7-3-1-6(5-8(7)14)2-4-9(15)16/h1-5H,14H2,(H2,15,16). The molecule has 1 aromatic rings. The van der Waals surface area contributed by atoms with Gasteiger partial charge in [-0.2, -0.15) is 13.2 Å². The SMILES string of the molecule is NC(=O)C=Cc1ccc(C(F)(F)F)c(N)c1. The van der Waals surface area contributed by atoms with Crippen molar-refractivity contribution in [2.45, 2.75) is 6.18 Å². The molecule has 0 fully saturated rings. The van der Waals surface area contributed by atoms with E-state index in [0.29, 0.717) is 5.56 Å². The maximum absolute atomic E-state index is 12.3. The van der Waals surface area contributed by atoms with Crippen LogP contribution in [0.4, 0.5) is 18.9 Å². The van der Waals surface area contributed by atoms with Gasteiger partial charge < -0.3 is 11.5 Å². The first-order valence-electron chi connectivity index (χ1n) is 4.25. The predicted octanol–water partition coefficient (Wildman–Crippen LogP) is 1.79. The highest BCUT2D eigenvalue weighted by Gasteiger charge is 2.32. The van der Waals surface area contributed by atoms with Crippen molar-refractivity contribution in [2.24, 2.45) is 5.73 Å².